The second-order valence-corrected chi connectivity index (χ2v) is 7.83. The summed E-state index contributed by atoms with van der Waals surface area (Å²) < 4.78 is 18.5. The molecule has 0 aromatic heterocycles. The van der Waals surface area contributed by atoms with E-state index in [9.17, 15) is 0 Å². The van der Waals surface area contributed by atoms with Crippen molar-refractivity contribution in [2.24, 2.45) is 0 Å². The summed E-state index contributed by atoms with van der Waals surface area (Å²) >= 11 is 0. The first-order valence-electron chi connectivity index (χ1n) is 9.53. The Morgan fingerprint density at radius 3 is 2.48 bits per heavy atom. The van der Waals surface area contributed by atoms with Crippen molar-refractivity contribution in [1.82, 2.24) is 0 Å². The highest BCUT2D eigenvalue weighted by molar-refractivity contribution is 6.64. The van der Waals surface area contributed by atoms with Gasteiger partial charge >= 0.3 is 7.12 Å². The van der Waals surface area contributed by atoms with E-state index in [2.05, 4.69) is 51.1 Å². The number of ether oxygens (including phenoxy) is 1. The second-order valence-electron chi connectivity index (χ2n) is 7.83. The molecule has 1 heterocycles. The van der Waals surface area contributed by atoms with Crippen LogP contribution in [-0.2, 0) is 15.9 Å². The third kappa shape index (κ3) is 4.02. The quantitative estimate of drug-likeness (QED) is 0.631. The zero-order valence-electron chi connectivity index (χ0n) is 16.1. The number of hydrogen-bond acceptors (Lipinski definition) is 3. The van der Waals surface area contributed by atoms with Gasteiger partial charge in [-0.3, -0.25) is 0 Å². The van der Waals surface area contributed by atoms with E-state index in [1.54, 1.807) is 0 Å². The predicted molar refractivity (Wildman–Crippen MR) is 110 cm³/mol. The molecular weight excluding hydrogens is 335 g/mol. The summed E-state index contributed by atoms with van der Waals surface area (Å²) in [6.45, 7) is 6.90. The molecule has 0 saturated carbocycles. The summed E-state index contributed by atoms with van der Waals surface area (Å²) in [6, 6.07) is 22.6. The van der Waals surface area contributed by atoms with Gasteiger partial charge in [-0.2, -0.15) is 0 Å². The first-order chi connectivity index (χ1) is 13.0. The minimum Gasteiger partial charge on any atom is -0.488 e. The van der Waals surface area contributed by atoms with Crippen molar-refractivity contribution in [2.45, 2.75) is 45.5 Å². The number of fused-ring (bicyclic) bond motifs is 1. The topological polar surface area (TPSA) is 27.7 Å². The molecule has 4 heteroatoms. The molecule has 3 aromatic rings. The van der Waals surface area contributed by atoms with E-state index in [4.69, 9.17) is 14.0 Å². The van der Waals surface area contributed by atoms with Crippen LogP contribution in [0.3, 0.4) is 0 Å². The highest BCUT2D eigenvalue weighted by Gasteiger charge is 2.38. The smallest absolute Gasteiger partial charge is 0.488 e. The molecule has 4 rings (SSSR count). The standard InChI is InChI=1S/C23H25BO3/c1-17-15-23(2,3)27-24(26-17)21-13-7-12-20-19(21)11-8-14-22(20)25-16-18-9-5-4-6-10-18/h4-14,17H,15-16H2,1-3H3. The van der Waals surface area contributed by atoms with Gasteiger partial charge in [0.15, 0.2) is 0 Å². The number of benzene rings is 3. The van der Waals surface area contributed by atoms with Crippen molar-refractivity contribution in [1.29, 1.82) is 0 Å². The Morgan fingerprint density at radius 2 is 1.70 bits per heavy atom. The Bertz CT molecular complexity index is 923. The van der Waals surface area contributed by atoms with Gasteiger partial charge in [0.1, 0.15) is 12.4 Å². The molecule has 0 N–H and O–H groups in total. The summed E-state index contributed by atoms with van der Waals surface area (Å²) in [4.78, 5) is 0. The average Bonchev–Trinajstić information content (AvgIpc) is 2.65. The maximum Gasteiger partial charge on any atom is 0.495 e. The van der Waals surface area contributed by atoms with E-state index >= 15 is 0 Å². The van der Waals surface area contributed by atoms with Gasteiger partial charge in [-0.05, 0) is 49.7 Å². The predicted octanol–water partition coefficient (Wildman–Crippen LogP) is 4.72. The lowest BCUT2D eigenvalue weighted by Crippen LogP contribution is -2.51. The molecule has 1 fully saturated rings. The summed E-state index contributed by atoms with van der Waals surface area (Å²) in [5.74, 6) is 0.876. The molecule has 1 atom stereocenters. The van der Waals surface area contributed by atoms with Crippen LogP contribution in [0.2, 0.25) is 0 Å². The Balaban J connectivity index is 1.66. The van der Waals surface area contributed by atoms with Crippen molar-refractivity contribution >= 4 is 23.4 Å². The zero-order chi connectivity index (χ0) is 18.9. The van der Waals surface area contributed by atoms with Crippen LogP contribution in [0.4, 0.5) is 0 Å². The lowest BCUT2D eigenvalue weighted by molar-refractivity contribution is -0.0228. The molecule has 0 bridgehead atoms. The highest BCUT2D eigenvalue weighted by Crippen LogP contribution is 2.29. The second kappa shape index (κ2) is 7.38. The Hall–Kier alpha value is -2.30. The molecule has 3 aromatic carbocycles. The molecular formula is C23H25BO3. The fourth-order valence-corrected chi connectivity index (χ4v) is 3.83. The van der Waals surface area contributed by atoms with Crippen molar-refractivity contribution in [3.05, 3.63) is 72.3 Å². The molecule has 1 unspecified atom stereocenters. The van der Waals surface area contributed by atoms with E-state index in [0.717, 1.165) is 34.0 Å². The van der Waals surface area contributed by atoms with Crippen LogP contribution in [-0.4, -0.2) is 18.8 Å². The number of rotatable bonds is 4. The van der Waals surface area contributed by atoms with Gasteiger partial charge in [0.2, 0.25) is 0 Å². The van der Waals surface area contributed by atoms with Gasteiger partial charge in [-0.15, -0.1) is 0 Å². The molecule has 138 valence electrons. The molecule has 3 nitrogen and oxygen atoms in total. The minimum absolute atomic E-state index is 0.159. The van der Waals surface area contributed by atoms with E-state index in [0.29, 0.717) is 6.61 Å². The Morgan fingerprint density at radius 1 is 0.963 bits per heavy atom. The summed E-state index contributed by atoms with van der Waals surface area (Å²) in [6.07, 6.45) is 1.05. The third-order valence-corrected chi connectivity index (χ3v) is 4.97. The highest BCUT2D eigenvalue weighted by atomic mass is 16.6. The molecule has 0 spiro atoms. The molecule has 0 amide bonds. The summed E-state index contributed by atoms with van der Waals surface area (Å²) in [5, 5.41) is 2.19. The van der Waals surface area contributed by atoms with Crippen LogP contribution in [0.1, 0.15) is 32.8 Å². The fourth-order valence-electron chi connectivity index (χ4n) is 3.83. The van der Waals surface area contributed by atoms with E-state index in [1.165, 1.54) is 0 Å². The van der Waals surface area contributed by atoms with Crippen LogP contribution in [0.5, 0.6) is 5.75 Å². The van der Waals surface area contributed by atoms with Crippen molar-refractivity contribution in [3.63, 3.8) is 0 Å². The normalized spacial score (nSPS) is 19.2. The third-order valence-electron chi connectivity index (χ3n) is 4.97. The van der Waals surface area contributed by atoms with Gasteiger partial charge < -0.3 is 14.0 Å². The molecule has 0 aliphatic carbocycles. The van der Waals surface area contributed by atoms with E-state index < -0.39 is 0 Å². The lowest BCUT2D eigenvalue weighted by Gasteiger charge is -2.38. The Labute approximate surface area is 161 Å². The molecule has 27 heavy (non-hydrogen) atoms. The van der Waals surface area contributed by atoms with Crippen molar-refractivity contribution < 1.29 is 14.0 Å². The molecule has 1 saturated heterocycles. The fraction of sp³-hybridized carbons (Fsp3) is 0.304. The first-order valence-corrected chi connectivity index (χ1v) is 9.53. The van der Waals surface area contributed by atoms with Crippen LogP contribution in [0.25, 0.3) is 10.8 Å². The van der Waals surface area contributed by atoms with Gasteiger partial charge in [-0.1, -0.05) is 60.7 Å². The van der Waals surface area contributed by atoms with Gasteiger partial charge in [0.05, 0.1) is 5.60 Å². The molecule has 1 aliphatic rings. The summed E-state index contributed by atoms with van der Waals surface area (Å²) in [7, 11) is -0.364. The maximum absolute atomic E-state index is 6.24. The monoisotopic (exact) mass is 360 g/mol. The van der Waals surface area contributed by atoms with Crippen molar-refractivity contribution in [3.8, 4) is 5.75 Å². The summed E-state index contributed by atoms with van der Waals surface area (Å²) in [5.41, 5.74) is 2.00. The Kier molecular flexibility index (Phi) is 4.94. The van der Waals surface area contributed by atoms with E-state index in [1.807, 2.05) is 36.4 Å². The van der Waals surface area contributed by atoms with Gasteiger partial charge in [0.25, 0.3) is 0 Å². The van der Waals surface area contributed by atoms with Crippen molar-refractivity contribution in [2.75, 3.05) is 0 Å². The van der Waals surface area contributed by atoms with Crippen LogP contribution in [0.15, 0.2) is 66.7 Å². The van der Waals surface area contributed by atoms with E-state index in [-0.39, 0.29) is 18.8 Å². The zero-order valence-corrected chi connectivity index (χ0v) is 16.1. The lowest BCUT2D eigenvalue weighted by atomic mass is 9.72. The first kappa shape index (κ1) is 18.1. The molecule has 1 aliphatic heterocycles. The van der Waals surface area contributed by atoms with Crippen LogP contribution < -0.4 is 10.2 Å². The molecule has 0 radical (unpaired) electrons. The SMILES string of the molecule is CC1CC(C)(C)OB(c2cccc3c(OCc4ccccc4)cccc23)O1. The van der Waals surface area contributed by atoms with Crippen LogP contribution in [0, 0.1) is 0 Å². The van der Waals surface area contributed by atoms with Crippen LogP contribution >= 0.6 is 0 Å². The maximum atomic E-state index is 6.24. The van der Waals surface area contributed by atoms with Gasteiger partial charge in [0, 0.05) is 11.5 Å². The minimum atomic E-state index is -0.364. The largest absolute Gasteiger partial charge is 0.495 e. The van der Waals surface area contributed by atoms with Gasteiger partial charge in [-0.25, -0.2) is 0 Å². The number of hydrogen-bond donors (Lipinski definition) is 0. The average molecular weight is 360 g/mol.